The molecule has 1 saturated heterocycles. The molecule has 3 aromatic rings. The number of aromatic nitrogens is 1. The highest BCUT2D eigenvalue weighted by molar-refractivity contribution is 6.15. The molecule has 2 aromatic carbocycles. The van der Waals surface area contributed by atoms with E-state index in [1.807, 2.05) is 30.3 Å². The van der Waals surface area contributed by atoms with Gasteiger partial charge >= 0.3 is 0 Å². The molecular weight excluding hydrogens is 488 g/mol. The average Bonchev–Trinajstić information content (AvgIpc) is 3.30. The molecule has 4 heterocycles. The van der Waals surface area contributed by atoms with Gasteiger partial charge in [-0.2, -0.15) is 0 Å². The summed E-state index contributed by atoms with van der Waals surface area (Å²) in [4.78, 5) is 19.3. The number of Topliss-reactive ketones (excluding diaryl/α,β-unsaturated/α-hetero) is 1. The van der Waals surface area contributed by atoms with Crippen LogP contribution in [0.4, 0.5) is 0 Å². The first-order valence-electron chi connectivity index (χ1n) is 12.4. The van der Waals surface area contributed by atoms with Crippen LogP contribution in [0.25, 0.3) is 6.08 Å². The Labute approximate surface area is 221 Å². The molecule has 0 spiro atoms. The molecule has 1 fully saturated rings. The number of ether oxygens (including phenoxy) is 6. The second-order valence-electron chi connectivity index (χ2n) is 8.81. The molecule has 3 aliphatic heterocycles. The summed E-state index contributed by atoms with van der Waals surface area (Å²) in [7, 11) is 3.17. The van der Waals surface area contributed by atoms with Crippen LogP contribution in [-0.2, 0) is 22.6 Å². The SMILES string of the molecule is C1COCCO1.COc1ccc(/C=C2\Oc3c(ccc4c3CN(Cc3ccncc3)CO4)C2=O)c(OC)c1. The van der Waals surface area contributed by atoms with E-state index in [1.165, 1.54) is 0 Å². The Morgan fingerprint density at radius 3 is 2.42 bits per heavy atom. The number of benzene rings is 2. The van der Waals surface area contributed by atoms with Gasteiger partial charge in [0.25, 0.3) is 0 Å². The molecule has 0 atom stereocenters. The number of hydrogen-bond acceptors (Lipinski definition) is 9. The predicted octanol–water partition coefficient (Wildman–Crippen LogP) is 4.10. The van der Waals surface area contributed by atoms with E-state index in [9.17, 15) is 4.79 Å². The van der Waals surface area contributed by atoms with Crippen molar-refractivity contribution in [3.63, 3.8) is 0 Å². The minimum Gasteiger partial charge on any atom is -0.497 e. The Balaban J connectivity index is 0.000000433. The Morgan fingerprint density at radius 2 is 1.74 bits per heavy atom. The summed E-state index contributed by atoms with van der Waals surface area (Å²) in [5.74, 6) is 2.66. The maximum Gasteiger partial charge on any atom is 0.231 e. The average molecular weight is 519 g/mol. The fraction of sp³-hybridized carbons (Fsp3) is 0.310. The van der Waals surface area contributed by atoms with Crippen LogP contribution in [0.15, 0.2) is 60.6 Å². The second kappa shape index (κ2) is 12.1. The summed E-state index contributed by atoms with van der Waals surface area (Å²) in [6.07, 6.45) is 5.25. The molecule has 9 heteroatoms. The van der Waals surface area contributed by atoms with E-state index in [1.54, 1.807) is 44.8 Å². The van der Waals surface area contributed by atoms with Crippen molar-refractivity contribution < 1.29 is 33.2 Å². The zero-order valence-electron chi connectivity index (χ0n) is 21.5. The standard InChI is InChI=1S/C25H22N2O5.C4H8O2/c1-29-18-4-3-17(22(12-18)30-2)11-23-24(28)19-5-6-21-20(25(19)32-23)14-27(15-31-21)13-16-7-9-26-10-8-16;1-2-6-4-3-5-1/h3-12H,13-15H2,1-2H3;1-4H2/b23-11-;. The van der Waals surface area contributed by atoms with E-state index in [0.29, 0.717) is 42.6 Å². The molecule has 3 aliphatic rings. The number of hydrogen-bond donors (Lipinski definition) is 0. The molecule has 38 heavy (non-hydrogen) atoms. The van der Waals surface area contributed by atoms with Gasteiger partial charge in [-0.05, 0) is 48.0 Å². The van der Waals surface area contributed by atoms with Crippen molar-refractivity contribution in [1.29, 1.82) is 0 Å². The number of fused-ring (bicyclic) bond motifs is 3. The second-order valence-corrected chi connectivity index (χ2v) is 8.81. The number of nitrogens with zero attached hydrogens (tertiary/aromatic N) is 2. The van der Waals surface area contributed by atoms with Crippen molar-refractivity contribution in [2.75, 3.05) is 47.4 Å². The molecule has 0 unspecified atom stereocenters. The quantitative estimate of drug-likeness (QED) is 0.463. The van der Waals surface area contributed by atoms with Crippen LogP contribution in [0.1, 0.15) is 27.0 Å². The summed E-state index contributed by atoms with van der Waals surface area (Å²) >= 11 is 0. The van der Waals surface area contributed by atoms with Gasteiger partial charge < -0.3 is 28.4 Å². The van der Waals surface area contributed by atoms with Crippen LogP contribution in [0.5, 0.6) is 23.0 Å². The van der Waals surface area contributed by atoms with Gasteiger partial charge in [-0.25, -0.2) is 0 Å². The maximum atomic E-state index is 13.1. The first kappa shape index (κ1) is 25.7. The van der Waals surface area contributed by atoms with Gasteiger partial charge in [0, 0.05) is 37.1 Å². The van der Waals surface area contributed by atoms with E-state index in [2.05, 4.69) is 9.88 Å². The molecular formula is C29H30N2O7. The Kier molecular flexibility index (Phi) is 8.18. The predicted molar refractivity (Wildman–Crippen MR) is 140 cm³/mol. The van der Waals surface area contributed by atoms with Crippen LogP contribution in [0, 0.1) is 0 Å². The highest BCUT2D eigenvalue weighted by atomic mass is 16.6. The van der Waals surface area contributed by atoms with E-state index < -0.39 is 0 Å². The van der Waals surface area contributed by atoms with Crippen molar-refractivity contribution in [2.24, 2.45) is 0 Å². The monoisotopic (exact) mass is 518 g/mol. The summed E-state index contributed by atoms with van der Waals surface area (Å²) in [5, 5.41) is 0. The highest BCUT2D eigenvalue weighted by Crippen LogP contribution is 2.42. The Hall–Kier alpha value is -3.92. The number of allylic oxidation sites excluding steroid dienone is 1. The molecule has 0 N–H and O–H groups in total. The number of ketones is 1. The summed E-state index contributed by atoms with van der Waals surface area (Å²) in [6.45, 7) is 4.91. The van der Waals surface area contributed by atoms with Crippen molar-refractivity contribution in [2.45, 2.75) is 13.1 Å². The normalized spacial score (nSPS) is 17.4. The number of rotatable bonds is 5. The third kappa shape index (κ3) is 5.80. The lowest BCUT2D eigenvalue weighted by Gasteiger charge is -2.29. The lowest BCUT2D eigenvalue weighted by Crippen LogP contribution is -2.31. The van der Waals surface area contributed by atoms with Gasteiger partial charge in [0.2, 0.25) is 5.78 Å². The maximum absolute atomic E-state index is 13.1. The highest BCUT2D eigenvalue weighted by Gasteiger charge is 2.33. The topological polar surface area (TPSA) is 88.6 Å². The van der Waals surface area contributed by atoms with Gasteiger partial charge in [-0.15, -0.1) is 0 Å². The molecule has 0 radical (unpaired) electrons. The molecule has 198 valence electrons. The molecule has 0 saturated carbocycles. The minimum absolute atomic E-state index is 0.160. The number of methoxy groups -OCH3 is 2. The lowest BCUT2D eigenvalue weighted by atomic mass is 10.0. The first-order chi connectivity index (χ1) is 18.7. The van der Waals surface area contributed by atoms with E-state index in [0.717, 1.165) is 48.9 Å². The smallest absolute Gasteiger partial charge is 0.231 e. The molecule has 6 rings (SSSR count). The van der Waals surface area contributed by atoms with Crippen molar-refractivity contribution in [3.05, 3.63) is 82.9 Å². The van der Waals surface area contributed by atoms with Crippen LogP contribution in [0.2, 0.25) is 0 Å². The lowest BCUT2D eigenvalue weighted by molar-refractivity contribution is -0.0334. The van der Waals surface area contributed by atoms with Crippen molar-refractivity contribution in [1.82, 2.24) is 9.88 Å². The fourth-order valence-corrected chi connectivity index (χ4v) is 4.37. The molecule has 9 nitrogen and oxygen atoms in total. The first-order valence-corrected chi connectivity index (χ1v) is 12.4. The van der Waals surface area contributed by atoms with E-state index in [-0.39, 0.29) is 11.5 Å². The van der Waals surface area contributed by atoms with Crippen molar-refractivity contribution >= 4 is 11.9 Å². The van der Waals surface area contributed by atoms with Gasteiger partial charge in [-0.1, -0.05) is 0 Å². The zero-order chi connectivity index (χ0) is 26.3. The molecule has 0 aliphatic carbocycles. The van der Waals surface area contributed by atoms with Gasteiger partial charge in [-0.3, -0.25) is 14.7 Å². The molecule has 0 bridgehead atoms. The van der Waals surface area contributed by atoms with Crippen LogP contribution < -0.4 is 18.9 Å². The number of carbonyl (C=O) groups is 1. The summed E-state index contributed by atoms with van der Waals surface area (Å²) in [5.41, 5.74) is 3.29. The largest absolute Gasteiger partial charge is 0.497 e. The Morgan fingerprint density at radius 1 is 0.974 bits per heavy atom. The van der Waals surface area contributed by atoms with Gasteiger partial charge in [0.15, 0.2) is 5.76 Å². The minimum atomic E-state index is -0.160. The molecule has 0 amide bonds. The number of pyridine rings is 1. The van der Waals surface area contributed by atoms with Gasteiger partial charge in [0.1, 0.15) is 29.7 Å². The van der Waals surface area contributed by atoms with Crippen LogP contribution in [0.3, 0.4) is 0 Å². The van der Waals surface area contributed by atoms with Gasteiger partial charge in [0.05, 0.1) is 51.8 Å². The van der Waals surface area contributed by atoms with E-state index >= 15 is 0 Å². The summed E-state index contributed by atoms with van der Waals surface area (Å²) in [6, 6.07) is 13.0. The third-order valence-corrected chi connectivity index (χ3v) is 6.31. The molecule has 1 aromatic heterocycles. The zero-order valence-corrected chi connectivity index (χ0v) is 21.5. The van der Waals surface area contributed by atoms with E-state index in [4.69, 9.17) is 28.4 Å². The van der Waals surface area contributed by atoms with Crippen LogP contribution in [-0.4, -0.2) is 63.0 Å². The van der Waals surface area contributed by atoms with Crippen molar-refractivity contribution in [3.8, 4) is 23.0 Å². The number of carbonyl (C=O) groups excluding carboxylic acids is 1. The third-order valence-electron chi connectivity index (χ3n) is 6.31. The van der Waals surface area contributed by atoms with Crippen LogP contribution >= 0.6 is 0 Å². The fourth-order valence-electron chi connectivity index (χ4n) is 4.37. The Bertz CT molecular complexity index is 1290. The summed E-state index contributed by atoms with van der Waals surface area (Å²) < 4.78 is 32.6.